The summed E-state index contributed by atoms with van der Waals surface area (Å²) in [4.78, 5) is 38.0. The summed E-state index contributed by atoms with van der Waals surface area (Å²) in [5.41, 5.74) is 0. The van der Waals surface area contributed by atoms with Gasteiger partial charge in [-0.05, 0) is 89.9 Å². The molecular formula is C56H102O6. The number of esters is 3. The highest BCUT2D eigenvalue weighted by Gasteiger charge is 2.19. The van der Waals surface area contributed by atoms with Crippen molar-refractivity contribution in [2.45, 2.75) is 290 Å². The number of ether oxygens (including phenoxy) is 3. The number of hydrogen-bond acceptors (Lipinski definition) is 6. The van der Waals surface area contributed by atoms with Gasteiger partial charge in [0, 0.05) is 19.3 Å². The second kappa shape index (κ2) is 51.3. The van der Waals surface area contributed by atoms with E-state index >= 15 is 0 Å². The van der Waals surface area contributed by atoms with E-state index in [1.165, 1.54) is 173 Å². The fourth-order valence-electron chi connectivity index (χ4n) is 7.71. The van der Waals surface area contributed by atoms with E-state index in [4.69, 9.17) is 14.2 Å². The molecule has 0 radical (unpaired) electrons. The molecule has 0 rings (SSSR count). The molecule has 0 amide bonds. The molecule has 0 saturated heterocycles. The Morgan fingerprint density at radius 2 is 0.548 bits per heavy atom. The maximum atomic E-state index is 12.8. The molecule has 362 valence electrons. The van der Waals surface area contributed by atoms with Crippen molar-refractivity contribution in [3.05, 3.63) is 36.5 Å². The lowest BCUT2D eigenvalue weighted by Gasteiger charge is -2.18. The van der Waals surface area contributed by atoms with E-state index in [0.29, 0.717) is 19.3 Å². The van der Waals surface area contributed by atoms with E-state index in [9.17, 15) is 14.4 Å². The van der Waals surface area contributed by atoms with Gasteiger partial charge in [0.1, 0.15) is 13.2 Å². The molecule has 0 aromatic heterocycles. The third-order valence-electron chi connectivity index (χ3n) is 11.8. The summed E-state index contributed by atoms with van der Waals surface area (Å²) >= 11 is 0. The maximum absolute atomic E-state index is 12.8. The predicted octanol–water partition coefficient (Wildman–Crippen LogP) is 17.7. The third-order valence-corrected chi connectivity index (χ3v) is 11.8. The number of rotatable bonds is 49. The highest BCUT2D eigenvalue weighted by molar-refractivity contribution is 5.71. The molecular weight excluding hydrogens is 769 g/mol. The minimum absolute atomic E-state index is 0.0787. The Morgan fingerprint density at radius 1 is 0.306 bits per heavy atom. The van der Waals surface area contributed by atoms with Crippen molar-refractivity contribution < 1.29 is 28.6 Å². The zero-order chi connectivity index (χ0) is 45.1. The van der Waals surface area contributed by atoms with Gasteiger partial charge in [-0.15, -0.1) is 0 Å². The fourth-order valence-corrected chi connectivity index (χ4v) is 7.71. The Morgan fingerprint density at radius 3 is 0.855 bits per heavy atom. The maximum Gasteiger partial charge on any atom is 0.306 e. The summed E-state index contributed by atoms with van der Waals surface area (Å²) in [5, 5.41) is 0. The Kier molecular flexibility index (Phi) is 49.3. The number of allylic oxidation sites excluding steroid dienone is 6. The molecule has 0 aromatic rings. The average molecular weight is 871 g/mol. The van der Waals surface area contributed by atoms with E-state index in [-0.39, 0.29) is 31.1 Å². The van der Waals surface area contributed by atoms with Crippen molar-refractivity contribution >= 4 is 17.9 Å². The normalized spacial score (nSPS) is 12.2. The van der Waals surface area contributed by atoms with Crippen LogP contribution in [0.4, 0.5) is 0 Å². The second-order valence-electron chi connectivity index (χ2n) is 18.1. The van der Waals surface area contributed by atoms with Gasteiger partial charge < -0.3 is 14.2 Å². The molecule has 62 heavy (non-hydrogen) atoms. The third kappa shape index (κ3) is 48.7. The molecule has 0 bridgehead atoms. The Hall–Kier alpha value is -2.37. The highest BCUT2D eigenvalue weighted by atomic mass is 16.6. The first-order valence-electron chi connectivity index (χ1n) is 27.0. The van der Waals surface area contributed by atoms with Gasteiger partial charge in [-0.1, -0.05) is 211 Å². The van der Waals surface area contributed by atoms with Gasteiger partial charge in [0.2, 0.25) is 0 Å². The number of carbonyl (C=O) groups excluding carboxylic acids is 3. The molecule has 6 heteroatoms. The zero-order valence-corrected chi connectivity index (χ0v) is 41.4. The van der Waals surface area contributed by atoms with Crippen LogP contribution in [-0.4, -0.2) is 37.2 Å². The van der Waals surface area contributed by atoms with Crippen LogP contribution in [-0.2, 0) is 28.6 Å². The van der Waals surface area contributed by atoms with Crippen LogP contribution in [0.3, 0.4) is 0 Å². The fraction of sp³-hybridized carbons (Fsp3) is 0.839. The monoisotopic (exact) mass is 871 g/mol. The quantitative estimate of drug-likeness (QED) is 0.0262. The number of unbranched alkanes of at least 4 members (excludes halogenated alkanes) is 32. The van der Waals surface area contributed by atoms with Crippen molar-refractivity contribution in [2.75, 3.05) is 13.2 Å². The Balaban J connectivity index is 4.35. The summed E-state index contributed by atoms with van der Waals surface area (Å²) in [6, 6.07) is 0. The van der Waals surface area contributed by atoms with Gasteiger partial charge >= 0.3 is 17.9 Å². The van der Waals surface area contributed by atoms with E-state index in [1.807, 2.05) is 0 Å². The van der Waals surface area contributed by atoms with Crippen molar-refractivity contribution in [1.29, 1.82) is 0 Å². The average Bonchev–Trinajstić information content (AvgIpc) is 3.27. The van der Waals surface area contributed by atoms with Gasteiger partial charge in [0.05, 0.1) is 0 Å². The van der Waals surface area contributed by atoms with Crippen molar-refractivity contribution in [1.82, 2.24) is 0 Å². The Bertz CT molecular complexity index is 1050. The van der Waals surface area contributed by atoms with E-state index in [0.717, 1.165) is 70.6 Å². The molecule has 0 aliphatic rings. The van der Waals surface area contributed by atoms with Crippen LogP contribution in [0.5, 0.6) is 0 Å². The second-order valence-corrected chi connectivity index (χ2v) is 18.1. The molecule has 0 aliphatic heterocycles. The lowest BCUT2D eigenvalue weighted by Crippen LogP contribution is -2.30. The van der Waals surface area contributed by atoms with Gasteiger partial charge in [-0.2, -0.15) is 0 Å². The zero-order valence-electron chi connectivity index (χ0n) is 41.4. The lowest BCUT2D eigenvalue weighted by molar-refractivity contribution is -0.167. The summed E-state index contributed by atoms with van der Waals surface area (Å²) in [6.07, 6.45) is 59.8. The van der Waals surface area contributed by atoms with Crippen LogP contribution in [0.15, 0.2) is 36.5 Å². The molecule has 0 aliphatic carbocycles. The molecule has 1 atom stereocenters. The smallest absolute Gasteiger partial charge is 0.306 e. The first kappa shape index (κ1) is 59.6. The molecule has 0 N–H and O–H groups in total. The molecule has 6 nitrogen and oxygen atoms in total. The van der Waals surface area contributed by atoms with E-state index in [2.05, 4.69) is 57.2 Å². The van der Waals surface area contributed by atoms with Crippen LogP contribution < -0.4 is 0 Å². The highest BCUT2D eigenvalue weighted by Crippen LogP contribution is 2.15. The minimum atomic E-state index is -0.779. The Labute approximate surface area is 385 Å². The SMILES string of the molecule is CCCC/C=C\CCCCCCCC(=O)OCC(COC(=O)CCCCCCCCC/C=C\CCCCCCCC)OC(=O)CCCCCCC/C=C\CCCCCCCCC. The predicted molar refractivity (Wildman–Crippen MR) is 266 cm³/mol. The summed E-state index contributed by atoms with van der Waals surface area (Å²) in [7, 11) is 0. The van der Waals surface area contributed by atoms with Crippen LogP contribution in [0, 0.1) is 0 Å². The van der Waals surface area contributed by atoms with Gasteiger partial charge in [0.25, 0.3) is 0 Å². The van der Waals surface area contributed by atoms with Crippen molar-refractivity contribution in [3.8, 4) is 0 Å². The molecule has 0 spiro atoms. The largest absolute Gasteiger partial charge is 0.462 e. The number of hydrogen-bond donors (Lipinski definition) is 0. The lowest BCUT2D eigenvalue weighted by atomic mass is 10.1. The molecule has 0 fully saturated rings. The molecule has 0 aromatic carbocycles. The standard InChI is InChI=1S/C56H102O6/c1-4-7-10-13-16-19-22-24-26-28-30-31-34-37-40-43-46-49-55(58)61-52-53(51-60-54(57)48-45-42-39-36-33-21-18-15-12-9-6-3)62-56(59)50-47-44-41-38-35-32-29-27-25-23-20-17-14-11-8-5-2/h15,18,24,26-27,29,53H,4-14,16-17,19-23,25,28,30-52H2,1-3H3/b18-15-,26-24-,29-27-. The van der Waals surface area contributed by atoms with Crippen molar-refractivity contribution in [2.24, 2.45) is 0 Å². The summed E-state index contributed by atoms with van der Waals surface area (Å²) < 4.78 is 16.8. The first-order valence-corrected chi connectivity index (χ1v) is 27.0. The van der Waals surface area contributed by atoms with Crippen LogP contribution in [0.1, 0.15) is 284 Å². The van der Waals surface area contributed by atoms with Gasteiger partial charge in [-0.25, -0.2) is 0 Å². The van der Waals surface area contributed by atoms with Gasteiger partial charge in [0.15, 0.2) is 6.10 Å². The van der Waals surface area contributed by atoms with Crippen LogP contribution >= 0.6 is 0 Å². The van der Waals surface area contributed by atoms with E-state index in [1.54, 1.807) is 0 Å². The summed E-state index contributed by atoms with van der Waals surface area (Å²) in [6.45, 7) is 6.60. The topological polar surface area (TPSA) is 78.9 Å². The van der Waals surface area contributed by atoms with Crippen molar-refractivity contribution in [3.63, 3.8) is 0 Å². The molecule has 0 saturated carbocycles. The molecule has 0 heterocycles. The van der Waals surface area contributed by atoms with Gasteiger partial charge in [-0.3, -0.25) is 14.4 Å². The first-order chi connectivity index (χ1) is 30.5. The van der Waals surface area contributed by atoms with Crippen LogP contribution in [0.2, 0.25) is 0 Å². The molecule has 1 unspecified atom stereocenters. The minimum Gasteiger partial charge on any atom is -0.462 e. The number of carbonyl (C=O) groups is 3. The van der Waals surface area contributed by atoms with Crippen LogP contribution in [0.25, 0.3) is 0 Å². The summed E-state index contributed by atoms with van der Waals surface area (Å²) in [5.74, 6) is -0.891. The van der Waals surface area contributed by atoms with E-state index < -0.39 is 6.10 Å².